The number of carbonyl (C=O) groups is 1. The molecule has 0 fully saturated rings. The highest BCUT2D eigenvalue weighted by atomic mass is 19.4. The Morgan fingerprint density at radius 1 is 1.07 bits per heavy atom. The molecular weight excluding hydrogens is 359 g/mol. The lowest BCUT2D eigenvalue weighted by atomic mass is 10.2. The summed E-state index contributed by atoms with van der Waals surface area (Å²) in [6.07, 6.45) is -6.04. The van der Waals surface area contributed by atoms with Crippen molar-refractivity contribution >= 4 is 28.9 Å². The normalized spacial score (nSPS) is 11.2. The van der Waals surface area contributed by atoms with Gasteiger partial charge in [-0.1, -0.05) is 0 Å². The van der Waals surface area contributed by atoms with E-state index >= 15 is 0 Å². The molecule has 1 amide bonds. The fraction of sp³-hybridized carbons (Fsp3) is 0.389. The fourth-order valence-electron chi connectivity index (χ4n) is 2.50. The molecule has 1 heterocycles. The van der Waals surface area contributed by atoms with Gasteiger partial charge in [-0.3, -0.25) is 4.79 Å². The summed E-state index contributed by atoms with van der Waals surface area (Å²) >= 11 is 0. The molecule has 0 saturated heterocycles. The zero-order valence-corrected chi connectivity index (χ0v) is 15.4. The Kier molecular flexibility index (Phi) is 6.59. The number of carbonyl (C=O) groups excluding carboxylic acids is 1. The summed E-state index contributed by atoms with van der Waals surface area (Å²) in [4.78, 5) is 22.2. The van der Waals surface area contributed by atoms with Gasteiger partial charge in [0.25, 0.3) is 0 Å². The van der Waals surface area contributed by atoms with Crippen LogP contribution in [-0.2, 0) is 4.79 Å². The summed E-state index contributed by atoms with van der Waals surface area (Å²) in [6.45, 7) is 7.52. The van der Waals surface area contributed by atoms with E-state index in [9.17, 15) is 18.0 Å². The predicted octanol–water partition coefficient (Wildman–Crippen LogP) is 4.27. The minimum absolute atomic E-state index is 0.289. The Morgan fingerprint density at radius 2 is 1.67 bits per heavy atom. The molecule has 0 aliphatic heterocycles. The van der Waals surface area contributed by atoms with Crippen LogP contribution in [0.1, 0.15) is 26.1 Å². The van der Waals surface area contributed by atoms with E-state index in [0.29, 0.717) is 17.3 Å². The summed E-state index contributed by atoms with van der Waals surface area (Å²) in [5, 5.41) is 5.36. The Hall–Kier alpha value is -2.84. The number of rotatable bonds is 7. The van der Waals surface area contributed by atoms with E-state index in [4.69, 9.17) is 0 Å². The minimum atomic E-state index is -4.53. The van der Waals surface area contributed by atoms with Crippen LogP contribution in [0.25, 0.3) is 0 Å². The molecule has 0 aliphatic rings. The molecule has 0 unspecified atom stereocenters. The molecule has 27 heavy (non-hydrogen) atoms. The summed E-state index contributed by atoms with van der Waals surface area (Å²) in [6, 6.07) is 8.18. The summed E-state index contributed by atoms with van der Waals surface area (Å²) in [5.41, 5.74) is 0.977. The second kappa shape index (κ2) is 8.70. The van der Waals surface area contributed by atoms with Crippen molar-refractivity contribution in [1.29, 1.82) is 0 Å². The van der Waals surface area contributed by atoms with Gasteiger partial charge in [0.15, 0.2) is 0 Å². The average Bonchev–Trinajstić information content (AvgIpc) is 2.55. The zero-order chi connectivity index (χ0) is 20.0. The lowest BCUT2D eigenvalue weighted by Crippen LogP contribution is -2.23. The van der Waals surface area contributed by atoms with Crippen molar-refractivity contribution in [3.8, 4) is 0 Å². The van der Waals surface area contributed by atoms with Crippen molar-refractivity contribution in [2.75, 3.05) is 28.6 Å². The molecule has 1 aromatic carbocycles. The number of anilines is 4. The number of nitrogens with one attached hydrogen (secondary N) is 2. The van der Waals surface area contributed by atoms with Crippen LogP contribution in [0.4, 0.5) is 36.2 Å². The van der Waals surface area contributed by atoms with Crippen molar-refractivity contribution in [3.05, 3.63) is 36.2 Å². The number of amides is 1. The van der Waals surface area contributed by atoms with E-state index in [1.165, 1.54) is 12.1 Å². The molecule has 0 atom stereocenters. The Bertz CT molecular complexity index is 774. The van der Waals surface area contributed by atoms with Gasteiger partial charge in [0.1, 0.15) is 23.9 Å². The van der Waals surface area contributed by atoms with E-state index < -0.39 is 18.5 Å². The molecule has 0 saturated carbocycles. The van der Waals surface area contributed by atoms with Gasteiger partial charge in [0, 0.05) is 30.5 Å². The molecular formula is C18H22F3N5O. The van der Waals surface area contributed by atoms with Crippen LogP contribution < -0.4 is 15.5 Å². The molecule has 1 aromatic heterocycles. The number of aryl methyl sites for hydroxylation is 1. The number of aromatic nitrogens is 2. The second-order valence-corrected chi connectivity index (χ2v) is 5.87. The third-order valence-corrected chi connectivity index (χ3v) is 3.71. The number of alkyl halides is 3. The highest BCUT2D eigenvalue weighted by Crippen LogP contribution is 2.23. The maximum Gasteiger partial charge on any atom is 0.397 e. The maximum atomic E-state index is 12.2. The standard InChI is InChI=1S/C18H22F3N5O/c1-4-26(5-2)16-10-15(22-12(3)23-16)24-13-6-8-14(9-7-13)25-17(27)11-18(19,20)21/h6-10H,4-5,11H2,1-3H3,(H,25,27)(H,22,23,24). The van der Waals surface area contributed by atoms with E-state index in [0.717, 1.165) is 18.9 Å². The van der Waals surface area contributed by atoms with Gasteiger partial charge in [-0.15, -0.1) is 0 Å². The van der Waals surface area contributed by atoms with Crippen LogP contribution >= 0.6 is 0 Å². The Labute approximate surface area is 155 Å². The summed E-state index contributed by atoms with van der Waals surface area (Å²) in [5.74, 6) is 0.945. The van der Waals surface area contributed by atoms with Crippen LogP contribution in [0.15, 0.2) is 30.3 Å². The van der Waals surface area contributed by atoms with E-state index in [-0.39, 0.29) is 5.69 Å². The highest BCUT2D eigenvalue weighted by molar-refractivity contribution is 5.91. The molecule has 0 spiro atoms. The average molecular weight is 381 g/mol. The van der Waals surface area contributed by atoms with Gasteiger partial charge in [-0.25, -0.2) is 9.97 Å². The predicted molar refractivity (Wildman–Crippen MR) is 99.4 cm³/mol. The molecule has 0 radical (unpaired) electrons. The number of benzene rings is 1. The highest BCUT2D eigenvalue weighted by Gasteiger charge is 2.31. The van der Waals surface area contributed by atoms with E-state index in [1.54, 1.807) is 19.1 Å². The minimum Gasteiger partial charge on any atom is -0.357 e. The van der Waals surface area contributed by atoms with Gasteiger partial charge >= 0.3 is 6.18 Å². The third kappa shape index (κ3) is 6.43. The number of nitrogens with zero attached hydrogens (tertiary/aromatic N) is 3. The number of hydrogen-bond donors (Lipinski definition) is 2. The monoisotopic (exact) mass is 381 g/mol. The van der Waals surface area contributed by atoms with Crippen molar-refractivity contribution in [2.45, 2.75) is 33.4 Å². The number of hydrogen-bond acceptors (Lipinski definition) is 5. The van der Waals surface area contributed by atoms with Crippen LogP contribution in [-0.4, -0.2) is 35.1 Å². The first-order valence-electron chi connectivity index (χ1n) is 8.54. The molecule has 0 aliphatic carbocycles. The SMILES string of the molecule is CCN(CC)c1cc(Nc2ccc(NC(=O)CC(F)(F)F)cc2)nc(C)n1. The molecule has 2 rings (SSSR count). The quantitative estimate of drug-likeness (QED) is 0.750. The van der Waals surface area contributed by atoms with E-state index in [2.05, 4.69) is 25.5 Å². The van der Waals surface area contributed by atoms with Gasteiger partial charge in [-0.2, -0.15) is 13.2 Å². The lowest BCUT2D eigenvalue weighted by Gasteiger charge is -2.20. The molecule has 6 nitrogen and oxygen atoms in total. The van der Waals surface area contributed by atoms with Crippen LogP contribution in [0, 0.1) is 6.92 Å². The summed E-state index contributed by atoms with van der Waals surface area (Å²) < 4.78 is 36.6. The Morgan fingerprint density at radius 3 is 2.22 bits per heavy atom. The molecule has 2 N–H and O–H groups in total. The van der Waals surface area contributed by atoms with Crippen LogP contribution in [0.3, 0.4) is 0 Å². The summed E-state index contributed by atoms with van der Waals surface area (Å²) in [7, 11) is 0. The van der Waals surface area contributed by atoms with Gasteiger partial charge in [-0.05, 0) is 45.0 Å². The van der Waals surface area contributed by atoms with Crippen molar-refractivity contribution in [1.82, 2.24) is 9.97 Å². The van der Waals surface area contributed by atoms with Gasteiger partial charge in [0.2, 0.25) is 5.91 Å². The van der Waals surface area contributed by atoms with Crippen LogP contribution in [0.5, 0.6) is 0 Å². The lowest BCUT2D eigenvalue weighted by molar-refractivity contribution is -0.150. The molecule has 0 bridgehead atoms. The fourth-order valence-corrected chi connectivity index (χ4v) is 2.50. The first-order valence-corrected chi connectivity index (χ1v) is 8.54. The molecule has 146 valence electrons. The first-order chi connectivity index (χ1) is 12.7. The molecule has 9 heteroatoms. The van der Waals surface area contributed by atoms with Crippen molar-refractivity contribution < 1.29 is 18.0 Å². The second-order valence-electron chi connectivity index (χ2n) is 5.87. The maximum absolute atomic E-state index is 12.2. The smallest absolute Gasteiger partial charge is 0.357 e. The zero-order valence-electron chi connectivity index (χ0n) is 15.4. The Balaban J connectivity index is 2.07. The topological polar surface area (TPSA) is 70.2 Å². The number of halogens is 3. The van der Waals surface area contributed by atoms with Crippen molar-refractivity contribution in [2.24, 2.45) is 0 Å². The van der Waals surface area contributed by atoms with Gasteiger partial charge < -0.3 is 15.5 Å². The van der Waals surface area contributed by atoms with Crippen molar-refractivity contribution in [3.63, 3.8) is 0 Å². The third-order valence-electron chi connectivity index (χ3n) is 3.71. The van der Waals surface area contributed by atoms with Gasteiger partial charge in [0.05, 0.1) is 0 Å². The molecule has 2 aromatic rings. The first kappa shape index (κ1) is 20.5. The largest absolute Gasteiger partial charge is 0.397 e. The van der Waals surface area contributed by atoms with E-state index in [1.807, 2.05) is 19.9 Å². The van der Waals surface area contributed by atoms with Crippen LogP contribution in [0.2, 0.25) is 0 Å².